The van der Waals surface area contributed by atoms with Crippen molar-refractivity contribution in [1.29, 1.82) is 0 Å². The lowest BCUT2D eigenvalue weighted by atomic mass is 9.93. The van der Waals surface area contributed by atoms with Crippen LogP contribution in [0.1, 0.15) is 38.3 Å². The van der Waals surface area contributed by atoms with Gasteiger partial charge in [0.15, 0.2) is 0 Å². The Kier molecular flexibility index (Phi) is 12.0. The Balaban J connectivity index is 1.66. The van der Waals surface area contributed by atoms with Crippen LogP contribution in [0.25, 0.3) is 11.1 Å². The van der Waals surface area contributed by atoms with E-state index < -0.39 is 16.0 Å². The van der Waals surface area contributed by atoms with Gasteiger partial charge in [0.1, 0.15) is 0 Å². The number of hydrogen-bond acceptors (Lipinski definition) is 6. The predicted molar refractivity (Wildman–Crippen MR) is 181 cm³/mol. The lowest BCUT2D eigenvalue weighted by molar-refractivity contribution is -0.137. The third kappa shape index (κ3) is 9.82. The number of aliphatic carboxylic acids is 1. The van der Waals surface area contributed by atoms with E-state index in [4.69, 9.17) is 5.14 Å². The van der Waals surface area contributed by atoms with Crippen LogP contribution in [0.15, 0.2) is 108 Å². The first-order chi connectivity index (χ1) is 22.4. The van der Waals surface area contributed by atoms with Crippen molar-refractivity contribution in [1.82, 2.24) is 14.7 Å². The van der Waals surface area contributed by atoms with Crippen molar-refractivity contribution < 1.29 is 27.9 Å². The standard InChI is InChI=1S/C36H40N4O6S/c1-38(2)24-25-40(26-28-10-4-3-5-11-28)36(44)33-15-9-7-13-31(33)30-12-6-8-14-32(30)35(43)39(23-21-34(41)42)22-20-27-16-18-29(19-17-27)47(37,45)46/h3-19H,20-26H2,1-2H3,(H,41,42)(H2,37,45,46). The van der Waals surface area contributed by atoms with E-state index in [1.54, 1.807) is 53.4 Å². The summed E-state index contributed by atoms with van der Waals surface area (Å²) in [6.45, 7) is 1.73. The maximum Gasteiger partial charge on any atom is 0.305 e. The van der Waals surface area contributed by atoms with Crippen molar-refractivity contribution in [3.8, 4) is 11.1 Å². The van der Waals surface area contributed by atoms with Gasteiger partial charge in [-0.15, -0.1) is 0 Å². The Morgan fingerprint density at radius 1 is 0.638 bits per heavy atom. The largest absolute Gasteiger partial charge is 0.481 e. The second kappa shape index (κ2) is 16.1. The fourth-order valence-electron chi connectivity index (χ4n) is 5.18. The molecule has 0 fully saturated rings. The Bertz CT molecular complexity index is 1790. The molecule has 0 aliphatic carbocycles. The molecule has 4 aromatic carbocycles. The number of carboxylic acid groups (broad SMARTS) is 1. The molecule has 0 aliphatic heterocycles. The molecule has 0 aromatic heterocycles. The second-order valence-corrected chi connectivity index (χ2v) is 13.0. The van der Waals surface area contributed by atoms with Crippen LogP contribution in [0.2, 0.25) is 0 Å². The maximum atomic E-state index is 14.2. The summed E-state index contributed by atoms with van der Waals surface area (Å²) in [5, 5.41) is 14.6. The number of benzene rings is 4. The summed E-state index contributed by atoms with van der Waals surface area (Å²) in [4.78, 5) is 45.1. The number of carbonyl (C=O) groups excluding carboxylic acids is 2. The highest BCUT2D eigenvalue weighted by molar-refractivity contribution is 7.89. The summed E-state index contributed by atoms with van der Waals surface area (Å²) >= 11 is 0. The molecule has 0 spiro atoms. The summed E-state index contributed by atoms with van der Waals surface area (Å²) < 4.78 is 23.3. The van der Waals surface area contributed by atoms with E-state index in [0.717, 1.165) is 11.1 Å². The number of amides is 2. The van der Waals surface area contributed by atoms with Crippen LogP contribution in [0.4, 0.5) is 0 Å². The predicted octanol–water partition coefficient (Wildman–Crippen LogP) is 4.36. The fourth-order valence-corrected chi connectivity index (χ4v) is 5.70. The zero-order valence-corrected chi connectivity index (χ0v) is 27.4. The molecule has 0 saturated carbocycles. The van der Waals surface area contributed by atoms with Crippen molar-refractivity contribution in [3.63, 3.8) is 0 Å². The highest BCUT2D eigenvalue weighted by Gasteiger charge is 2.25. The number of primary sulfonamides is 1. The molecule has 3 N–H and O–H groups in total. The summed E-state index contributed by atoms with van der Waals surface area (Å²) in [5.74, 6) is -1.58. The number of sulfonamides is 1. The van der Waals surface area contributed by atoms with Crippen LogP contribution in [-0.4, -0.2) is 86.3 Å². The smallest absolute Gasteiger partial charge is 0.305 e. The molecule has 0 unspecified atom stereocenters. The highest BCUT2D eigenvalue weighted by Crippen LogP contribution is 2.30. The van der Waals surface area contributed by atoms with Gasteiger partial charge < -0.3 is 19.8 Å². The zero-order chi connectivity index (χ0) is 34.0. The normalized spacial score (nSPS) is 11.3. The van der Waals surface area contributed by atoms with Crippen LogP contribution < -0.4 is 5.14 Å². The van der Waals surface area contributed by atoms with E-state index >= 15 is 0 Å². The molecule has 4 aromatic rings. The van der Waals surface area contributed by atoms with E-state index in [1.165, 1.54) is 17.0 Å². The molecule has 0 aliphatic rings. The first kappa shape index (κ1) is 35.0. The van der Waals surface area contributed by atoms with Gasteiger partial charge in [0, 0.05) is 43.9 Å². The minimum absolute atomic E-state index is 0.0220. The van der Waals surface area contributed by atoms with E-state index in [2.05, 4.69) is 0 Å². The molecule has 246 valence electrons. The number of rotatable bonds is 15. The Labute approximate surface area is 276 Å². The molecule has 0 heterocycles. The molecule has 0 bridgehead atoms. The molecule has 0 radical (unpaired) electrons. The van der Waals surface area contributed by atoms with Gasteiger partial charge >= 0.3 is 5.97 Å². The van der Waals surface area contributed by atoms with Crippen LogP contribution in [0.5, 0.6) is 0 Å². The van der Waals surface area contributed by atoms with Gasteiger partial charge in [0.25, 0.3) is 11.8 Å². The van der Waals surface area contributed by atoms with Gasteiger partial charge in [-0.1, -0.05) is 78.9 Å². The average Bonchev–Trinajstić information content (AvgIpc) is 3.06. The van der Waals surface area contributed by atoms with Crippen molar-refractivity contribution in [3.05, 3.63) is 125 Å². The van der Waals surface area contributed by atoms with E-state index in [-0.39, 0.29) is 36.2 Å². The van der Waals surface area contributed by atoms with Gasteiger partial charge in [0.2, 0.25) is 10.0 Å². The third-order valence-electron chi connectivity index (χ3n) is 7.73. The molecule has 47 heavy (non-hydrogen) atoms. The summed E-state index contributed by atoms with van der Waals surface area (Å²) in [6.07, 6.45) is 0.0987. The van der Waals surface area contributed by atoms with Gasteiger partial charge in [-0.25, -0.2) is 13.6 Å². The topological polar surface area (TPSA) is 141 Å². The van der Waals surface area contributed by atoms with Gasteiger partial charge in [-0.3, -0.25) is 14.4 Å². The number of nitrogens with two attached hydrogens (primary N) is 1. The molecular weight excluding hydrogens is 616 g/mol. The molecule has 0 saturated heterocycles. The molecular formula is C36H40N4O6S. The molecule has 0 atom stereocenters. The van der Waals surface area contributed by atoms with E-state index in [1.807, 2.05) is 61.5 Å². The minimum Gasteiger partial charge on any atom is -0.481 e. The summed E-state index contributed by atoms with van der Waals surface area (Å²) in [6, 6.07) is 30.0. The third-order valence-corrected chi connectivity index (χ3v) is 8.66. The van der Waals surface area contributed by atoms with Crippen molar-refractivity contribution in [2.24, 2.45) is 5.14 Å². The van der Waals surface area contributed by atoms with Crippen molar-refractivity contribution in [2.45, 2.75) is 24.3 Å². The zero-order valence-electron chi connectivity index (χ0n) is 26.6. The maximum absolute atomic E-state index is 14.2. The molecule has 4 rings (SSSR count). The summed E-state index contributed by atoms with van der Waals surface area (Å²) in [5.41, 5.74) is 3.71. The fraction of sp³-hybridized carbons (Fsp3) is 0.250. The molecule has 2 amide bonds. The van der Waals surface area contributed by atoms with Crippen LogP contribution in [-0.2, 0) is 27.8 Å². The number of nitrogens with zero attached hydrogens (tertiary/aromatic N) is 3. The van der Waals surface area contributed by atoms with Gasteiger partial charge in [0.05, 0.1) is 11.3 Å². The Morgan fingerprint density at radius 2 is 1.17 bits per heavy atom. The second-order valence-electron chi connectivity index (χ2n) is 11.5. The van der Waals surface area contributed by atoms with Gasteiger partial charge in [-0.05, 0) is 67.0 Å². The van der Waals surface area contributed by atoms with E-state index in [0.29, 0.717) is 48.3 Å². The van der Waals surface area contributed by atoms with E-state index in [9.17, 15) is 27.9 Å². The molecule has 11 heteroatoms. The van der Waals surface area contributed by atoms with Crippen LogP contribution in [0.3, 0.4) is 0 Å². The van der Waals surface area contributed by atoms with Crippen molar-refractivity contribution in [2.75, 3.05) is 40.3 Å². The average molecular weight is 657 g/mol. The lowest BCUT2D eigenvalue weighted by Crippen LogP contribution is -2.36. The molecule has 10 nitrogen and oxygen atoms in total. The first-order valence-corrected chi connectivity index (χ1v) is 16.8. The first-order valence-electron chi connectivity index (χ1n) is 15.2. The number of likely N-dealkylation sites (N-methyl/N-ethyl adjacent to an activating group) is 1. The highest BCUT2D eigenvalue weighted by atomic mass is 32.2. The monoisotopic (exact) mass is 656 g/mol. The van der Waals surface area contributed by atoms with Crippen LogP contribution >= 0.6 is 0 Å². The van der Waals surface area contributed by atoms with Crippen LogP contribution in [0, 0.1) is 0 Å². The number of hydrogen-bond donors (Lipinski definition) is 2. The SMILES string of the molecule is CN(C)CCN(Cc1ccccc1)C(=O)c1ccccc1-c1ccccc1C(=O)N(CCC(=O)O)CCc1ccc(S(N)(=O)=O)cc1. The quantitative estimate of drug-likeness (QED) is 0.194. The number of carbonyl (C=O) groups is 3. The lowest BCUT2D eigenvalue weighted by Gasteiger charge is -2.27. The van der Waals surface area contributed by atoms with Crippen molar-refractivity contribution >= 4 is 27.8 Å². The Hall–Kier alpha value is -4.84. The Morgan fingerprint density at radius 3 is 1.70 bits per heavy atom. The minimum atomic E-state index is -3.85. The summed E-state index contributed by atoms with van der Waals surface area (Å²) in [7, 11) is 0.0631. The number of carboxylic acids is 1. The van der Waals surface area contributed by atoms with Gasteiger partial charge in [-0.2, -0.15) is 0 Å².